The summed E-state index contributed by atoms with van der Waals surface area (Å²) in [6, 6.07) is 0. The minimum Gasteiger partial charge on any atom is -0.103 e. The molecule has 0 N–H and O–H groups in total. The zero-order valence-corrected chi connectivity index (χ0v) is 25.5. The molecule has 0 saturated carbocycles. The van der Waals surface area contributed by atoms with Crippen LogP contribution in [0.2, 0.25) is 0 Å². The van der Waals surface area contributed by atoms with Crippen LogP contribution in [0.15, 0.2) is 72.9 Å². The molecule has 0 aliphatic heterocycles. The van der Waals surface area contributed by atoms with Gasteiger partial charge in [-0.25, -0.2) is 0 Å². The zero-order valence-electron chi connectivity index (χ0n) is 25.5. The molecule has 0 rings (SSSR count). The van der Waals surface area contributed by atoms with E-state index in [1.54, 1.807) is 6.08 Å². The maximum atomic E-state index is 3.83. The summed E-state index contributed by atoms with van der Waals surface area (Å²) in [5.74, 6) is 0.708. The second kappa shape index (κ2) is 33.6. The highest BCUT2D eigenvalue weighted by Gasteiger charge is 2.06. The minimum absolute atomic E-state index is 0. The van der Waals surface area contributed by atoms with Crippen molar-refractivity contribution in [3.8, 4) is 0 Å². The summed E-state index contributed by atoms with van der Waals surface area (Å²) < 4.78 is 0. The van der Waals surface area contributed by atoms with Gasteiger partial charge in [-0.1, -0.05) is 136 Å². The van der Waals surface area contributed by atoms with Crippen molar-refractivity contribution in [2.75, 3.05) is 0 Å². The molecule has 0 radical (unpaired) electrons. The maximum Gasteiger partial charge on any atom is -0.0180 e. The van der Waals surface area contributed by atoms with Crippen LogP contribution in [-0.4, -0.2) is 0 Å². The SMILES string of the molecule is C.C=C(C)C(C)CC.C=CC(=C)C.C=CC(C)(C)CC.CC/C=C(/C)CC.CC/C=C(\C)CC. The average Bonchev–Trinajstić information content (AvgIpc) is 2.80. The molecule has 0 heterocycles. The largest absolute Gasteiger partial charge is 0.103 e. The van der Waals surface area contributed by atoms with Crippen LogP contribution < -0.4 is 0 Å². The fourth-order valence-electron chi connectivity index (χ4n) is 1.48. The molecule has 0 heteroatoms. The third-order valence-corrected chi connectivity index (χ3v) is 5.49. The Labute approximate surface area is 220 Å². The Morgan fingerprint density at radius 3 is 1.12 bits per heavy atom. The Bertz CT molecular complexity index is 502. The van der Waals surface area contributed by atoms with E-state index < -0.39 is 0 Å². The van der Waals surface area contributed by atoms with Gasteiger partial charge in [-0.2, -0.15) is 0 Å². The van der Waals surface area contributed by atoms with Crippen molar-refractivity contribution in [1.82, 2.24) is 0 Å². The molecule has 1 atom stereocenters. The first kappa shape index (κ1) is 45.9. The van der Waals surface area contributed by atoms with Crippen molar-refractivity contribution in [2.45, 2.75) is 136 Å². The van der Waals surface area contributed by atoms with E-state index in [1.807, 2.05) is 13.0 Å². The minimum atomic E-state index is 0. The first-order chi connectivity index (χ1) is 15.2. The molecular formula is C34H68. The second-order valence-electron chi connectivity index (χ2n) is 9.38. The van der Waals surface area contributed by atoms with Gasteiger partial charge in [0, 0.05) is 0 Å². The Morgan fingerprint density at radius 1 is 0.765 bits per heavy atom. The van der Waals surface area contributed by atoms with E-state index in [1.165, 1.54) is 55.2 Å². The van der Waals surface area contributed by atoms with Gasteiger partial charge in [0.1, 0.15) is 0 Å². The molecule has 0 saturated heterocycles. The van der Waals surface area contributed by atoms with E-state index in [0.717, 1.165) is 5.57 Å². The van der Waals surface area contributed by atoms with Crippen molar-refractivity contribution in [3.63, 3.8) is 0 Å². The lowest BCUT2D eigenvalue weighted by Gasteiger charge is -2.14. The van der Waals surface area contributed by atoms with E-state index >= 15 is 0 Å². The summed E-state index contributed by atoms with van der Waals surface area (Å²) in [5, 5.41) is 0. The van der Waals surface area contributed by atoms with Gasteiger partial charge in [-0.05, 0) is 77.6 Å². The summed E-state index contributed by atoms with van der Waals surface area (Å²) in [6.07, 6.45) is 15.4. The third kappa shape index (κ3) is 52.4. The third-order valence-electron chi connectivity index (χ3n) is 5.49. The van der Waals surface area contributed by atoms with Gasteiger partial charge in [0.15, 0.2) is 0 Å². The summed E-state index contributed by atoms with van der Waals surface area (Å²) in [7, 11) is 0. The van der Waals surface area contributed by atoms with Crippen molar-refractivity contribution in [3.05, 3.63) is 72.9 Å². The summed E-state index contributed by atoms with van der Waals surface area (Å²) in [6.45, 7) is 42.5. The molecular weight excluding hydrogens is 408 g/mol. The molecule has 1 unspecified atom stereocenters. The van der Waals surface area contributed by atoms with Crippen LogP contribution >= 0.6 is 0 Å². The number of rotatable bonds is 9. The quantitative estimate of drug-likeness (QED) is 0.229. The highest BCUT2D eigenvalue weighted by Crippen LogP contribution is 2.19. The number of hydrogen-bond acceptors (Lipinski definition) is 0. The lowest BCUT2D eigenvalue weighted by atomic mass is 9.91. The molecule has 0 aliphatic carbocycles. The summed E-state index contributed by atoms with van der Waals surface area (Å²) in [4.78, 5) is 0. The van der Waals surface area contributed by atoms with Crippen LogP contribution in [0.4, 0.5) is 0 Å². The van der Waals surface area contributed by atoms with Gasteiger partial charge in [0.25, 0.3) is 0 Å². The predicted octanol–water partition coefficient (Wildman–Crippen LogP) is 13.1. The fourth-order valence-corrected chi connectivity index (χ4v) is 1.48. The second-order valence-corrected chi connectivity index (χ2v) is 9.38. The molecule has 0 amide bonds. The van der Waals surface area contributed by atoms with Gasteiger partial charge in [0.05, 0.1) is 0 Å². The van der Waals surface area contributed by atoms with E-state index in [4.69, 9.17) is 0 Å². The van der Waals surface area contributed by atoms with E-state index in [0.29, 0.717) is 11.3 Å². The van der Waals surface area contributed by atoms with Crippen LogP contribution in [0.3, 0.4) is 0 Å². The van der Waals surface area contributed by atoms with Crippen molar-refractivity contribution in [1.29, 1.82) is 0 Å². The first-order valence-corrected chi connectivity index (χ1v) is 13.1. The van der Waals surface area contributed by atoms with Crippen molar-refractivity contribution >= 4 is 0 Å². The van der Waals surface area contributed by atoms with E-state index in [-0.39, 0.29) is 7.43 Å². The smallest absolute Gasteiger partial charge is 0.0180 e. The molecule has 0 fully saturated rings. The normalized spacial score (nSPS) is 11.1. The number of allylic oxidation sites excluding steroid dienone is 8. The molecule has 0 nitrogen and oxygen atoms in total. The molecule has 0 bridgehead atoms. The highest BCUT2D eigenvalue weighted by atomic mass is 14.1. The van der Waals surface area contributed by atoms with Crippen molar-refractivity contribution < 1.29 is 0 Å². The van der Waals surface area contributed by atoms with Gasteiger partial charge in [0.2, 0.25) is 0 Å². The Balaban J connectivity index is -0.0000000719. The monoisotopic (exact) mass is 477 g/mol. The average molecular weight is 477 g/mol. The van der Waals surface area contributed by atoms with E-state index in [9.17, 15) is 0 Å². The molecule has 0 aromatic heterocycles. The fraction of sp³-hybridized carbons (Fsp3) is 0.647. The van der Waals surface area contributed by atoms with Crippen LogP contribution in [0.1, 0.15) is 136 Å². The Hall–Kier alpha value is -1.56. The molecule has 0 aromatic rings. The first-order valence-electron chi connectivity index (χ1n) is 13.1. The van der Waals surface area contributed by atoms with Crippen LogP contribution in [-0.2, 0) is 0 Å². The predicted molar refractivity (Wildman–Crippen MR) is 169 cm³/mol. The molecule has 0 aromatic carbocycles. The maximum absolute atomic E-state index is 3.83. The summed E-state index contributed by atoms with van der Waals surface area (Å²) in [5.41, 5.74) is 5.66. The van der Waals surface area contributed by atoms with Gasteiger partial charge in [-0.15, -0.1) is 6.58 Å². The van der Waals surface area contributed by atoms with Crippen LogP contribution in [0.5, 0.6) is 0 Å². The zero-order chi connectivity index (χ0) is 27.5. The lowest BCUT2D eigenvalue weighted by Crippen LogP contribution is -2.02. The van der Waals surface area contributed by atoms with Gasteiger partial charge >= 0.3 is 0 Å². The number of hydrogen-bond donors (Lipinski definition) is 0. The molecule has 204 valence electrons. The Morgan fingerprint density at radius 2 is 1.09 bits per heavy atom. The summed E-state index contributed by atoms with van der Waals surface area (Å²) >= 11 is 0. The molecule has 0 spiro atoms. The topological polar surface area (TPSA) is 0 Å². The highest BCUT2D eigenvalue weighted by molar-refractivity contribution is 5.06. The van der Waals surface area contributed by atoms with Gasteiger partial charge < -0.3 is 0 Å². The Kier molecular flexibility index (Phi) is 45.3. The standard InChI is InChI=1S/4C7H14.C5H8.CH4/c1-5-7(3,4)6-2;1-5-7(4)6(2)3;2*1-4-6-7(3)5-2;1-4-5(2)3;/h5H,1,6H2,2-4H3;7H,2,5H2,1,3-4H3;2*6H,4-5H2,1-3H3;4H,1-2H2,3H3;1H4/b;;7-6+;7-6-;;. The van der Waals surface area contributed by atoms with Crippen molar-refractivity contribution in [2.24, 2.45) is 11.3 Å². The lowest BCUT2D eigenvalue weighted by molar-refractivity contribution is 0.463. The van der Waals surface area contributed by atoms with E-state index in [2.05, 4.69) is 122 Å². The van der Waals surface area contributed by atoms with Crippen LogP contribution in [0, 0.1) is 11.3 Å². The molecule has 34 heavy (non-hydrogen) atoms. The van der Waals surface area contributed by atoms with Gasteiger partial charge in [-0.3, -0.25) is 0 Å². The van der Waals surface area contributed by atoms with Crippen LogP contribution in [0.25, 0.3) is 0 Å². The molecule has 0 aliphatic rings.